The predicted octanol–water partition coefficient (Wildman–Crippen LogP) is 4.31. The molecule has 2 aromatic carbocycles. The molecule has 1 aromatic heterocycles. The number of methoxy groups -OCH3 is 1. The van der Waals surface area contributed by atoms with Gasteiger partial charge in [0, 0.05) is 19.0 Å². The first kappa shape index (κ1) is 22.0. The number of carbonyl (C=O) groups excluding carboxylic acids is 1. The number of aryl methyl sites for hydroxylation is 1. The first-order valence-corrected chi connectivity index (χ1v) is 12.4. The van der Waals surface area contributed by atoms with Gasteiger partial charge in [-0.05, 0) is 44.0 Å². The Balaban J connectivity index is 1.42. The normalized spacial score (nSPS) is 15.8. The molecule has 4 rings (SSSR count). The fourth-order valence-electron chi connectivity index (χ4n) is 3.60. The molecule has 0 unspecified atom stereocenters. The molecule has 0 aliphatic carbocycles. The molecule has 1 aliphatic heterocycles. The second kappa shape index (κ2) is 8.74. The van der Waals surface area contributed by atoms with Crippen LogP contribution in [0.1, 0.15) is 18.4 Å². The molecule has 10 heteroatoms. The summed E-state index contributed by atoms with van der Waals surface area (Å²) in [6.07, 6.45) is 0.901. The zero-order valence-corrected chi connectivity index (χ0v) is 19.5. The third kappa shape index (κ3) is 4.41. The second-order valence-electron chi connectivity index (χ2n) is 7.43. The van der Waals surface area contributed by atoms with Crippen LogP contribution < -0.4 is 10.1 Å². The van der Waals surface area contributed by atoms with E-state index < -0.39 is 10.0 Å². The summed E-state index contributed by atoms with van der Waals surface area (Å²) in [6.45, 7) is 2.51. The summed E-state index contributed by atoms with van der Waals surface area (Å²) < 4.78 is 33.2. The molecule has 0 spiro atoms. The predicted molar refractivity (Wildman–Crippen MR) is 122 cm³/mol. The van der Waals surface area contributed by atoms with Gasteiger partial charge in [-0.1, -0.05) is 40.6 Å². The summed E-state index contributed by atoms with van der Waals surface area (Å²) in [5.41, 5.74) is 1.61. The van der Waals surface area contributed by atoms with Crippen LogP contribution in [0.2, 0.25) is 5.02 Å². The van der Waals surface area contributed by atoms with Gasteiger partial charge >= 0.3 is 0 Å². The third-order valence-electron chi connectivity index (χ3n) is 5.39. The maximum Gasteiger partial charge on any atom is 0.243 e. The minimum absolute atomic E-state index is 0.165. The fraction of sp³-hybridized carbons (Fsp3) is 0.333. The smallest absolute Gasteiger partial charge is 0.243 e. The molecule has 1 saturated heterocycles. The zero-order chi connectivity index (χ0) is 22.2. The lowest BCUT2D eigenvalue weighted by atomic mass is 9.97. The number of ether oxygens (including phenoxy) is 1. The Kier molecular flexibility index (Phi) is 6.20. The molecule has 1 fully saturated rings. The molecule has 7 nitrogen and oxygen atoms in total. The van der Waals surface area contributed by atoms with Crippen LogP contribution in [0, 0.1) is 12.8 Å². The number of hydrogen-bond donors (Lipinski definition) is 1. The van der Waals surface area contributed by atoms with Crippen molar-refractivity contribution in [3.8, 4) is 5.75 Å². The third-order valence-corrected chi connectivity index (χ3v) is 8.74. The number of benzene rings is 2. The number of aromatic nitrogens is 1. The fourth-order valence-corrected chi connectivity index (χ4v) is 6.22. The quantitative estimate of drug-likeness (QED) is 0.589. The minimum Gasteiger partial charge on any atom is -0.494 e. The van der Waals surface area contributed by atoms with Gasteiger partial charge in [-0.3, -0.25) is 4.79 Å². The van der Waals surface area contributed by atoms with Crippen LogP contribution in [0.5, 0.6) is 5.75 Å². The first-order chi connectivity index (χ1) is 14.8. The van der Waals surface area contributed by atoms with Gasteiger partial charge in [0.2, 0.25) is 15.9 Å². The maximum absolute atomic E-state index is 12.9. The lowest BCUT2D eigenvalue weighted by molar-refractivity contribution is -0.120. The number of nitrogens with one attached hydrogen (secondary N) is 1. The first-order valence-electron chi connectivity index (χ1n) is 9.80. The molecule has 1 amide bonds. The highest BCUT2D eigenvalue weighted by molar-refractivity contribution is 7.89. The van der Waals surface area contributed by atoms with Gasteiger partial charge in [-0.25, -0.2) is 13.4 Å². The van der Waals surface area contributed by atoms with Crippen molar-refractivity contribution >= 4 is 54.2 Å². The number of piperidine rings is 1. The molecule has 0 bridgehead atoms. The van der Waals surface area contributed by atoms with Crippen LogP contribution in [-0.2, 0) is 14.8 Å². The van der Waals surface area contributed by atoms with Crippen LogP contribution in [0.15, 0.2) is 41.3 Å². The zero-order valence-electron chi connectivity index (χ0n) is 17.1. The van der Waals surface area contributed by atoms with Gasteiger partial charge in [0.1, 0.15) is 11.3 Å². The van der Waals surface area contributed by atoms with E-state index in [1.807, 2.05) is 6.92 Å². The Labute approximate surface area is 190 Å². The number of anilines is 1. The van der Waals surface area contributed by atoms with E-state index in [-0.39, 0.29) is 16.7 Å². The molecule has 3 aromatic rings. The molecule has 0 atom stereocenters. The Morgan fingerprint density at radius 1 is 1.19 bits per heavy atom. The largest absolute Gasteiger partial charge is 0.494 e. The van der Waals surface area contributed by atoms with E-state index in [4.69, 9.17) is 16.3 Å². The molecule has 1 aliphatic rings. The second-order valence-corrected chi connectivity index (χ2v) is 10.8. The average Bonchev–Trinajstić information content (AvgIpc) is 3.19. The lowest BCUT2D eigenvalue weighted by Crippen LogP contribution is -2.41. The molecular weight excluding hydrogens is 458 g/mol. The van der Waals surface area contributed by atoms with Crippen molar-refractivity contribution in [1.29, 1.82) is 0 Å². The highest BCUT2D eigenvalue weighted by atomic mass is 35.5. The Hall–Kier alpha value is -2.20. The van der Waals surface area contributed by atoms with E-state index in [0.717, 1.165) is 10.3 Å². The van der Waals surface area contributed by atoms with E-state index in [0.29, 0.717) is 47.4 Å². The molecule has 164 valence electrons. The van der Waals surface area contributed by atoms with Crippen molar-refractivity contribution in [2.45, 2.75) is 24.7 Å². The van der Waals surface area contributed by atoms with E-state index in [9.17, 15) is 13.2 Å². The molecular formula is C21H22ClN3O4S2. The van der Waals surface area contributed by atoms with Gasteiger partial charge in [0.15, 0.2) is 5.13 Å². The number of thiazole rings is 1. The standard InChI is InChI=1S/C21H22ClN3O4S2/c1-13-3-5-15(6-4-13)31(27,28)25-11-9-14(10-12-25)20(26)24-21-23-18-17(29-2)8-7-16(22)19(18)30-21/h3-8,14H,9-12H2,1-2H3,(H,23,24,26). The van der Waals surface area contributed by atoms with Gasteiger partial charge in [-0.15, -0.1) is 0 Å². The SMILES string of the molecule is COc1ccc(Cl)c2sc(NC(=O)C3CCN(S(=O)(=O)c4ccc(C)cc4)CC3)nc12. The summed E-state index contributed by atoms with van der Waals surface area (Å²) in [5.74, 6) is 0.140. The number of fused-ring (bicyclic) bond motifs is 1. The van der Waals surface area contributed by atoms with Crippen LogP contribution in [0.4, 0.5) is 5.13 Å². The minimum atomic E-state index is -3.55. The number of halogens is 1. The Morgan fingerprint density at radius 3 is 2.52 bits per heavy atom. The van der Waals surface area contributed by atoms with Crippen LogP contribution >= 0.6 is 22.9 Å². The number of amides is 1. The summed E-state index contributed by atoms with van der Waals surface area (Å²) in [7, 11) is -2.00. The van der Waals surface area contributed by atoms with E-state index in [1.54, 1.807) is 43.5 Å². The molecule has 31 heavy (non-hydrogen) atoms. The Bertz CT molecular complexity index is 1220. The monoisotopic (exact) mass is 479 g/mol. The van der Waals surface area contributed by atoms with Crippen LogP contribution in [0.3, 0.4) is 0 Å². The van der Waals surface area contributed by atoms with Gasteiger partial charge in [0.05, 0.1) is 21.7 Å². The highest BCUT2D eigenvalue weighted by Gasteiger charge is 2.32. The van der Waals surface area contributed by atoms with E-state index in [1.165, 1.54) is 15.6 Å². The molecule has 1 N–H and O–H groups in total. The highest BCUT2D eigenvalue weighted by Crippen LogP contribution is 2.37. The number of hydrogen-bond acceptors (Lipinski definition) is 6. The van der Waals surface area contributed by atoms with Crippen molar-refractivity contribution < 1.29 is 17.9 Å². The summed E-state index contributed by atoms with van der Waals surface area (Å²) in [4.78, 5) is 17.5. The Morgan fingerprint density at radius 2 is 1.87 bits per heavy atom. The van der Waals surface area contributed by atoms with Crippen LogP contribution in [-0.4, -0.2) is 43.8 Å². The van der Waals surface area contributed by atoms with Gasteiger partial charge in [0.25, 0.3) is 0 Å². The van der Waals surface area contributed by atoms with Crippen LogP contribution in [0.25, 0.3) is 10.2 Å². The summed E-state index contributed by atoms with van der Waals surface area (Å²) >= 11 is 7.53. The summed E-state index contributed by atoms with van der Waals surface area (Å²) in [6, 6.07) is 10.3. The van der Waals surface area contributed by atoms with Gasteiger partial charge < -0.3 is 10.1 Å². The van der Waals surface area contributed by atoms with E-state index in [2.05, 4.69) is 10.3 Å². The van der Waals surface area contributed by atoms with Crippen molar-refractivity contribution in [2.75, 3.05) is 25.5 Å². The average molecular weight is 480 g/mol. The number of sulfonamides is 1. The molecule has 0 saturated carbocycles. The van der Waals surface area contributed by atoms with Crippen molar-refractivity contribution in [3.05, 3.63) is 47.0 Å². The number of carbonyl (C=O) groups is 1. The number of rotatable bonds is 5. The van der Waals surface area contributed by atoms with Crippen molar-refractivity contribution in [1.82, 2.24) is 9.29 Å². The number of nitrogens with zero attached hydrogens (tertiary/aromatic N) is 2. The van der Waals surface area contributed by atoms with Crippen molar-refractivity contribution in [2.24, 2.45) is 5.92 Å². The molecule has 0 radical (unpaired) electrons. The maximum atomic E-state index is 12.9. The van der Waals surface area contributed by atoms with Gasteiger partial charge in [-0.2, -0.15) is 4.31 Å². The lowest BCUT2D eigenvalue weighted by Gasteiger charge is -2.30. The topological polar surface area (TPSA) is 88.6 Å². The van der Waals surface area contributed by atoms with E-state index >= 15 is 0 Å². The molecule has 2 heterocycles. The van der Waals surface area contributed by atoms with Crippen molar-refractivity contribution in [3.63, 3.8) is 0 Å². The summed E-state index contributed by atoms with van der Waals surface area (Å²) in [5, 5.41) is 3.85.